The van der Waals surface area contributed by atoms with Gasteiger partial charge in [-0.05, 0) is 60.2 Å². The summed E-state index contributed by atoms with van der Waals surface area (Å²) in [6, 6.07) is 15.7. The van der Waals surface area contributed by atoms with Crippen molar-refractivity contribution >= 4 is 49.1 Å². The van der Waals surface area contributed by atoms with E-state index in [-0.39, 0.29) is 22.0 Å². The number of rotatable bonds is 8. The van der Waals surface area contributed by atoms with E-state index in [9.17, 15) is 26.4 Å². The Labute approximate surface area is 219 Å². The molecule has 0 saturated carbocycles. The number of carbonyl (C=O) groups is 2. The Morgan fingerprint density at radius 2 is 1.54 bits per heavy atom. The highest BCUT2D eigenvalue weighted by Gasteiger charge is 2.47. The normalized spacial score (nSPS) is 16.4. The summed E-state index contributed by atoms with van der Waals surface area (Å²) in [5, 5.41) is 5.41. The second kappa shape index (κ2) is 10.2. The smallest absolute Gasteiger partial charge is 0.252 e. The molecule has 2 N–H and O–H groups in total. The van der Waals surface area contributed by atoms with Gasteiger partial charge in [0, 0.05) is 11.6 Å². The summed E-state index contributed by atoms with van der Waals surface area (Å²) >= 11 is 6.29. The van der Waals surface area contributed by atoms with Gasteiger partial charge in [0.2, 0.25) is 26.0 Å². The molecule has 3 aromatic rings. The summed E-state index contributed by atoms with van der Waals surface area (Å²) in [6.45, 7) is -0.268. The van der Waals surface area contributed by atoms with E-state index in [1.54, 1.807) is 24.3 Å². The molecule has 3 aromatic carbocycles. The standard InChI is InChI=1S/C24H22ClN3O7S2/c1-35-18-8-12-20(13-9-18)37(33,34)27(15-16-4-2-3-5-21(16)25)22-14-23(29)28(24(22)30)17-6-10-19(11-7-17)36(26,31)32/h2-13,22H,14-15H2,1H3,(H2,26,31,32). The lowest BCUT2D eigenvalue weighted by Crippen LogP contribution is -2.45. The van der Waals surface area contributed by atoms with Gasteiger partial charge in [0.05, 0.1) is 29.0 Å². The van der Waals surface area contributed by atoms with Gasteiger partial charge in [-0.15, -0.1) is 0 Å². The number of halogens is 1. The lowest BCUT2D eigenvalue weighted by atomic mass is 10.2. The first-order chi connectivity index (χ1) is 17.4. The highest BCUT2D eigenvalue weighted by Crippen LogP contribution is 2.32. The fourth-order valence-corrected chi connectivity index (χ4v) is 6.21. The number of carbonyl (C=O) groups excluding carboxylic acids is 2. The number of hydrogen-bond donors (Lipinski definition) is 1. The quantitative estimate of drug-likeness (QED) is 0.415. The third-order valence-electron chi connectivity index (χ3n) is 5.84. The number of sulfonamides is 2. The van der Waals surface area contributed by atoms with Crippen LogP contribution in [0.4, 0.5) is 5.69 Å². The minimum Gasteiger partial charge on any atom is -0.497 e. The van der Waals surface area contributed by atoms with Crippen LogP contribution in [-0.2, 0) is 36.2 Å². The minimum atomic E-state index is -4.29. The number of nitrogens with zero attached hydrogens (tertiary/aromatic N) is 2. The van der Waals surface area contributed by atoms with Crippen LogP contribution in [0.5, 0.6) is 5.75 Å². The van der Waals surface area contributed by atoms with Crippen molar-refractivity contribution in [3.05, 3.63) is 83.4 Å². The third-order valence-corrected chi connectivity index (χ3v) is 9.01. The highest BCUT2D eigenvalue weighted by atomic mass is 35.5. The van der Waals surface area contributed by atoms with Gasteiger partial charge in [0.15, 0.2) is 0 Å². The SMILES string of the molecule is COc1ccc(S(=O)(=O)N(Cc2ccccc2Cl)C2CC(=O)N(c3ccc(S(N)(=O)=O)cc3)C2=O)cc1. The summed E-state index contributed by atoms with van der Waals surface area (Å²) in [5.41, 5.74) is 0.530. The van der Waals surface area contributed by atoms with Crippen molar-refractivity contribution in [1.82, 2.24) is 4.31 Å². The van der Waals surface area contributed by atoms with Gasteiger partial charge in [0.1, 0.15) is 11.8 Å². The molecule has 194 valence electrons. The monoisotopic (exact) mass is 563 g/mol. The number of methoxy groups -OCH3 is 1. The summed E-state index contributed by atoms with van der Waals surface area (Å²) in [4.78, 5) is 27.0. The Bertz CT molecular complexity index is 1560. The van der Waals surface area contributed by atoms with Crippen LogP contribution in [0.25, 0.3) is 0 Å². The van der Waals surface area contributed by atoms with E-state index in [2.05, 4.69) is 0 Å². The molecule has 10 nitrogen and oxygen atoms in total. The minimum absolute atomic E-state index is 0.0874. The maximum atomic E-state index is 13.8. The molecule has 13 heteroatoms. The van der Waals surface area contributed by atoms with Crippen molar-refractivity contribution in [2.24, 2.45) is 5.14 Å². The zero-order valence-corrected chi connectivity index (χ0v) is 21.8. The van der Waals surface area contributed by atoms with Gasteiger partial charge in [-0.3, -0.25) is 9.59 Å². The van der Waals surface area contributed by atoms with Crippen LogP contribution in [0.2, 0.25) is 5.02 Å². The number of nitrogens with two attached hydrogens (primary N) is 1. The fourth-order valence-electron chi connectivity index (χ4n) is 3.94. The summed E-state index contributed by atoms with van der Waals surface area (Å²) in [6.07, 6.45) is -0.421. The number of benzene rings is 3. The second-order valence-corrected chi connectivity index (χ2v) is 12.0. The topological polar surface area (TPSA) is 144 Å². The molecular formula is C24H22ClN3O7S2. The third kappa shape index (κ3) is 5.38. The van der Waals surface area contributed by atoms with E-state index in [1.165, 1.54) is 43.5 Å². The van der Waals surface area contributed by atoms with Crippen molar-refractivity contribution in [2.45, 2.75) is 28.8 Å². The molecule has 1 atom stereocenters. The Balaban J connectivity index is 1.74. The molecule has 1 aliphatic rings. The number of imide groups is 1. The first kappa shape index (κ1) is 26.8. The van der Waals surface area contributed by atoms with E-state index in [0.29, 0.717) is 16.3 Å². The predicted molar refractivity (Wildman–Crippen MR) is 136 cm³/mol. The molecule has 0 spiro atoms. The number of hydrogen-bond acceptors (Lipinski definition) is 7. The molecule has 1 heterocycles. The van der Waals surface area contributed by atoms with Crippen molar-refractivity contribution in [3.8, 4) is 5.75 Å². The molecule has 0 bridgehead atoms. The van der Waals surface area contributed by atoms with Gasteiger partial charge in [-0.2, -0.15) is 4.31 Å². The average Bonchev–Trinajstić information content (AvgIpc) is 3.16. The van der Waals surface area contributed by atoms with E-state index in [4.69, 9.17) is 21.5 Å². The van der Waals surface area contributed by atoms with E-state index in [1.807, 2.05) is 0 Å². The Morgan fingerprint density at radius 3 is 2.11 bits per heavy atom. The lowest BCUT2D eigenvalue weighted by molar-refractivity contribution is -0.122. The van der Waals surface area contributed by atoms with E-state index < -0.39 is 44.3 Å². The molecule has 0 aromatic heterocycles. The summed E-state index contributed by atoms with van der Waals surface area (Å²) in [5.74, 6) is -0.984. The molecule has 1 unspecified atom stereocenters. The van der Waals surface area contributed by atoms with Crippen LogP contribution in [0.1, 0.15) is 12.0 Å². The van der Waals surface area contributed by atoms with Crippen molar-refractivity contribution in [1.29, 1.82) is 0 Å². The zero-order chi connectivity index (χ0) is 27.0. The fraction of sp³-hybridized carbons (Fsp3) is 0.167. The number of amides is 2. The Morgan fingerprint density at radius 1 is 0.946 bits per heavy atom. The van der Waals surface area contributed by atoms with Crippen molar-refractivity contribution in [2.75, 3.05) is 12.0 Å². The van der Waals surface area contributed by atoms with Crippen molar-refractivity contribution < 1.29 is 31.2 Å². The largest absolute Gasteiger partial charge is 0.497 e. The molecular weight excluding hydrogens is 542 g/mol. The molecule has 4 rings (SSSR count). The maximum Gasteiger partial charge on any atom is 0.252 e. The molecule has 0 aliphatic carbocycles. The van der Waals surface area contributed by atoms with E-state index >= 15 is 0 Å². The maximum absolute atomic E-state index is 13.8. The van der Waals surface area contributed by atoms with Gasteiger partial charge in [-0.25, -0.2) is 26.9 Å². The van der Waals surface area contributed by atoms with Crippen molar-refractivity contribution in [3.63, 3.8) is 0 Å². The van der Waals surface area contributed by atoms with E-state index in [0.717, 1.165) is 21.3 Å². The number of anilines is 1. The molecule has 1 aliphatic heterocycles. The van der Waals surface area contributed by atoms with Crippen LogP contribution >= 0.6 is 11.6 Å². The summed E-state index contributed by atoms with van der Waals surface area (Å²) < 4.78 is 56.7. The van der Waals surface area contributed by atoms with Crippen LogP contribution in [0.3, 0.4) is 0 Å². The molecule has 37 heavy (non-hydrogen) atoms. The second-order valence-electron chi connectivity index (χ2n) is 8.14. The van der Waals surface area contributed by atoms with Crippen LogP contribution in [0.15, 0.2) is 82.6 Å². The average molecular weight is 564 g/mol. The predicted octanol–water partition coefficient (Wildman–Crippen LogP) is 2.52. The zero-order valence-electron chi connectivity index (χ0n) is 19.4. The molecule has 2 amide bonds. The highest BCUT2D eigenvalue weighted by molar-refractivity contribution is 7.89. The van der Waals surface area contributed by atoms with Crippen LogP contribution < -0.4 is 14.8 Å². The number of ether oxygens (including phenoxy) is 1. The Hall–Kier alpha value is -3.29. The lowest BCUT2D eigenvalue weighted by Gasteiger charge is -2.27. The van der Waals surface area contributed by atoms with Crippen LogP contribution in [0, 0.1) is 0 Å². The first-order valence-corrected chi connectivity index (χ1v) is 14.2. The Kier molecular flexibility index (Phi) is 7.40. The number of primary sulfonamides is 1. The van der Waals surface area contributed by atoms with Gasteiger partial charge in [0.25, 0.3) is 5.91 Å². The molecule has 0 radical (unpaired) electrons. The van der Waals surface area contributed by atoms with Gasteiger partial charge < -0.3 is 4.74 Å². The summed E-state index contributed by atoms with van der Waals surface area (Å²) in [7, 11) is -6.83. The van der Waals surface area contributed by atoms with Gasteiger partial charge >= 0.3 is 0 Å². The van der Waals surface area contributed by atoms with Gasteiger partial charge in [-0.1, -0.05) is 29.8 Å². The molecule has 1 saturated heterocycles. The molecule has 1 fully saturated rings. The van der Waals surface area contributed by atoms with Crippen LogP contribution in [-0.4, -0.2) is 46.1 Å². The first-order valence-electron chi connectivity index (χ1n) is 10.8.